The average molecular weight is 564 g/mol. The van der Waals surface area contributed by atoms with Crippen molar-refractivity contribution < 1.29 is 54.0 Å². The molecule has 220 valence electrons. The fraction of sp³-hybridized carbons (Fsp3) is 0.536. The Bertz CT molecular complexity index is 1040. The molecule has 2 heterocycles. The second-order valence-electron chi connectivity index (χ2n) is 9.85. The molecular formula is C28H37NO11. The van der Waals surface area contributed by atoms with Gasteiger partial charge in [-0.15, -0.1) is 0 Å². The van der Waals surface area contributed by atoms with E-state index in [1.807, 2.05) is 60.7 Å². The van der Waals surface area contributed by atoms with E-state index in [0.29, 0.717) is 0 Å². The van der Waals surface area contributed by atoms with Crippen LogP contribution in [0.2, 0.25) is 0 Å². The normalized spacial score (nSPS) is 34.4. The molecule has 2 aliphatic rings. The van der Waals surface area contributed by atoms with Crippen LogP contribution in [0.3, 0.4) is 0 Å². The largest absolute Gasteiger partial charge is 0.394 e. The van der Waals surface area contributed by atoms with E-state index in [1.54, 1.807) is 0 Å². The molecule has 0 aromatic heterocycles. The van der Waals surface area contributed by atoms with E-state index in [9.17, 15) is 30.3 Å². The second-order valence-corrected chi connectivity index (χ2v) is 9.85. The van der Waals surface area contributed by atoms with Crippen LogP contribution in [0.15, 0.2) is 60.7 Å². The van der Waals surface area contributed by atoms with Gasteiger partial charge in [0.25, 0.3) is 0 Å². The number of ether oxygens (including phenoxy) is 5. The van der Waals surface area contributed by atoms with E-state index in [1.165, 1.54) is 6.92 Å². The van der Waals surface area contributed by atoms with Gasteiger partial charge in [0, 0.05) is 6.92 Å². The number of nitrogens with one attached hydrogen (secondary N) is 1. The van der Waals surface area contributed by atoms with Crippen LogP contribution in [-0.4, -0.2) is 106 Å². The smallest absolute Gasteiger partial charge is 0.217 e. The van der Waals surface area contributed by atoms with E-state index in [4.69, 9.17) is 23.7 Å². The van der Waals surface area contributed by atoms with Gasteiger partial charge in [-0.25, -0.2) is 0 Å². The number of hydrogen-bond acceptors (Lipinski definition) is 11. The van der Waals surface area contributed by atoms with E-state index < -0.39 is 73.9 Å². The third kappa shape index (κ3) is 7.62. The molecule has 12 heteroatoms. The highest BCUT2D eigenvalue weighted by Gasteiger charge is 2.51. The number of rotatable bonds is 11. The zero-order chi connectivity index (χ0) is 28.6. The molecule has 0 radical (unpaired) electrons. The van der Waals surface area contributed by atoms with Gasteiger partial charge >= 0.3 is 0 Å². The quantitative estimate of drug-likeness (QED) is 0.202. The van der Waals surface area contributed by atoms with Crippen molar-refractivity contribution in [1.82, 2.24) is 5.32 Å². The van der Waals surface area contributed by atoms with Gasteiger partial charge in [-0.05, 0) is 11.1 Å². The molecule has 0 bridgehead atoms. The molecule has 40 heavy (non-hydrogen) atoms. The monoisotopic (exact) mass is 563 g/mol. The third-order valence-corrected chi connectivity index (χ3v) is 6.85. The van der Waals surface area contributed by atoms with Crippen molar-refractivity contribution in [2.24, 2.45) is 0 Å². The molecule has 0 spiro atoms. The molecule has 2 aliphatic heterocycles. The Morgan fingerprint density at radius 2 is 1.45 bits per heavy atom. The van der Waals surface area contributed by atoms with Crippen molar-refractivity contribution in [3.05, 3.63) is 71.8 Å². The van der Waals surface area contributed by atoms with E-state index in [2.05, 4.69) is 5.32 Å². The maximum absolute atomic E-state index is 12.0. The lowest BCUT2D eigenvalue weighted by molar-refractivity contribution is -0.349. The van der Waals surface area contributed by atoms with Gasteiger partial charge < -0.3 is 54.5 Å². The van der Waals surface area contributed by atoms with Crippen LogP contribution < -0.4 is 5.32 Å². The van der Waals surface area contributed by atoms with Gasteiger partial charge in [0.15, 0.2) is 12.6 Å². The van der Waals surface area contributed by atoms with Crippen molar-refractivity contribution in [1.29, 1.82) is 0 Å². The molecule has 0 unspecified atom stereocenters. The molecule has 4 rings (SSSR count). The first-order valence-electron chi connectivity index (χ1n) is 13.1. The Morgan fingerprint density at radius 1 is 0.825 bits per heavy atom. The Balaban J connectivity index is 1.60. The Hall–Kier alpha value is -2.49. The summed E-state index contributed by atoms with van der Waals surface area (Å²) in [6.45, 7) is 0.876. The standard InChI is InChI=1S/C28H37NO11/c1-16(31)29-21-26(37-14-18-10-6-3-7-11-18)25(40-28-24(34)23(33)22(32)19(12-30)39-28)20(38-27(21)35)15-36-13-17-8-4-2-5-9-17/h2-11,19-28,30,32-35H,12-15H2,1H3,(H,29,31)/t19-,20-,21-,22+,23-,24+,25-,26-,27-,28+/m1/s1. The maximum atomic E-state index is 12.0. The van der Waals surface area contributed by atoms with E-state index in [-0.39, 0.29) is 19.8 Å². The predicted octanol–water partition coefficient (Wildman–Crippen LogP) is -0.804. The molecule has 2 saturated heterocycles. The van der Waals surface area contributed by atoms with Gasteiger partial charge in [0.2, 0.25) is 5.91 Å². The molecule has 2 aromatic rings. The minimum Gasteiger partial charge on any atom is -0.394 e. The molecule has 1 amide bonds. The minimum absolute atomic E-state index is 0.0773. The summed E-state index contributed by atoms with van der Waals surface area (Å²) in [5, 5.41) is 54.3. The SMILES string of the molecule is CC(=O)N[C@@H]1[C@@H](OCc2ccccc2)[C@H](O[C@@H]2O[C@H](CO)[C@H](O)[C@@H](O)[C@@H]2O)[C@@H](COCc2ccccc2)O[C@H]1O. The van der Waals surface area contributed by atoms with Crippen molar-refractivity contribution in [2.75, 3.05) is 13.2 Å². The number of carbonyl (C=O) groups excluding carboxylic acids is 1. The molecular weight excluding hydrogens is 526 g/mol. The number of aliphatic hydroxyl groups is 5. The van der Waals surface area contributed by atoms with Crippen LogP contribution in [0, 0.1) is 0 Å². The highest BCUT2D eigenvalue weighted by atomic mass is 16.7. The number of hydrogen-bond donors (Lipinski definition) is 6. The van der Waals surface area contributed by atoms with E-state index in [0.717, 1.165) is 11.1 Å². The zero-order valence-corrected chi connectivity index (χ0v) is 22.1. The van der Waals surface area contributed by atoms with Gasteiger partial charge in [0.05, 0.1) is 26.4 Å². The van der Waals surface area contributed by atoms with Gasteiger partial charge in [0.1, 0.15) is 48.8 Å². The second kappa shape index (κ2) is 14.4. The zero-order valence-electron chi connectivity index (χ0n) is 22.1. The fourth-order valence-electron chi connectivity index (χ4n) is 4.77. The lowest BCUT2D eigenvalue weighted by Gasteiger charge is -2.47. The topological polar surface area (TPSA) is 176 Å². The number of aliphatic hydroxyl groups excluding tert-OH is 5. The molecule has 0 saturated carbocycles. The lowest BCUT2D eigenvalue weighted by atomic mass is 9.95. The fourth-order valence-corrected chi connectivity index (χ4v) is 4.77. The highest BCUT2D eigenvalue weighted by molar-refractivity contribution is 5.73. The highest BCUT2D eigenvalue weighted by Crippen LogP contribution is 2.31. The number of benzene rings is 2. The van der Waals surface area contributed by atoms with E-state index >= 15 is 0 Å². The first-order chi connectivity index (χ1) is 19.3. The maximum Gasteiger partial charge on any atom is 0.217 e. The summed E-state index contributed by atoms with van der Waals surface area (Å²) in [5.41, 5.74) is 1.71. The van der Waals surface area contributed by atoms with Crippen LogP contribution in [-0.2, 0) is 41.7 Å². The summed E-state index contributed by atoms with van der Waals surface area (Å²) in [5.74, 6) is -0.452. The molecule has 0 aliphatic carbocycles. The van der Waals surface area contributed by atoms with Gasteiger partial charge in [-0.3, -0.25) is 4.79 Å². The molecule has 2 fully saturated rings. The van der Waals surface area contributed by atoms with Gasteiger partial charge in [-0.2, -0.15) is 0 Å². The molecule has 10 atom stereocenters. The van der Waals surface area contributed by atoms with Crippen LogP contribution >= 0.6 is 0 Å². The number of carbonyl (C=O) groups is 1. The van der Waals surface area contributed by atoms with Crippen LogP contribution in [0.25, 0.3) is 0 Å². The Kier molecular flexibility index (Phi) is 11.0. The van der Waals surface area contributed by atoms with Crippen LogP contribution in [0.1, 0.15) is 18.1 Å². The average Bonchev–Trinajstić information content (AvgIpc) is 2.95. The van der Waals surface area contributed by atoms with Crippen molar-refractivity contribution >= 4 is 5.91 Å². The summed E-state index contributed by atoms with van der Waals surface area (Å²) < 4.78 is 29.6. The summed E-state index contributed by atoms with van der Waals surface area (Å²) in [6, 6.07) is 17.5. The molecule has 2 aromatic carbocycles. The van der Waals surface area contributed by atoms with Crippen molar-refractivity contribution in [2.45, 2.75) is 81.5 Å². The first-order valence-corrected chi connectivity index (χ1v) is 13.1. The lowest BCUT2D eigenvalue weighted by Crippen LogP contribution is -2.67. The molecule has 12 nitrogen and oxygen atoms in total. The third-order valence-electron chi connectivity index (χ3n) is 6.85. The Labute approximate surface area is 232 Å². The minimum atomic E-state index is -1.69. The van der Waals surface area contributed by atoms with Gasteiger partial charge in [-0.1, -0.05) is 60.7 Å². The van der Waals surface area contributed by atoms with Crippen molar-refractivity contribution in [3.63, 3.8) is 0 Å². The van der Waals surface area contributed by atoms with Crippen LogP contribution in [0.5, 0.6) is 0 Å². The predicted molar refractivity (Wildman–Crippen MR) is 138 cm³/mol. The van der Waals surface area contributed by atoms with Crippen LogP contribution in [0.4, 0.5) is 0 Å². The first kappa shape index (κ1) is 30.5. The number of amides is 1. The summed E-state index contributed by atoms with van der Waals surface area (Å²) >= 11 is 0. The Morgan fingerprint density at radius 3 is 2.05 bits per heavy atom. The van der Waals surface area contributed by atoms with Crippen molar-refractivity contribution in [3.8, 4) is 0 Å². The summed E-state index contributed by atoms with van der Waals surface area (Å²) in [7, 11) is 0. The molecule has 6 N–H and O–H groups in total. The summed E-state index contributed by atoms with van der Waals surface area (Å²) in [6.07, 6.45) is -12.3. The summed E-state index contributed by atoms with van der Waals surface area (Å²) in [4.78, 5) is 12.0.